The van der Waals surface area contributed by atoms with Crippen molar-refractivity contribution in [2.45, 2.75) is 39.0 Å². The number of amides is 1. The second-order valence-corrected chi connectivity index (χ2v) is 6.25. The average Bonchev–Trinajstić information content (AvgIpc) is 2.53. The van der Waals surface area contributed by atoms with Crippen molar-refractivity contribution in [2.24, 2.45) is 0 Å². The molecule has 3 rings (SSSR count). The van der Waals surface area contributed by atoms with E-state index < -0.39 is 0 Å². The van der Waals surface area contributed by atoms with Crippen LogP contribution in [0.1, 0.15) is 20.8 Å². The van der Waals surface area contributed by atoms with E-state index in [1.165, 1.54) is 0 Å². The Hall–Kier alpha value is -1.98. The Bertz CT molecular complexity index is 688. The molecule has 1 amide bonds. The van der Waals surface area contributed by atoms with Crippen LogP contribution in [0.2, 0.25) is 0 Å². The number of benzene rings is 1. The Morgan fingerprint density at radius 3 is 2.74 bits per heavy atom. The zero-order chi connectivity index (χ0) is 16.4. The minimum absolute atomic E-state index is 0.00246. The first-order chi connectivity index (χ1) is 11.0. The number of hydrogen-bond acceptors (Lipinski definition) is 4. The summed E-state index contributed by atoms with van der Waals surface area (Å²) in [4.78, 5) is 19.2. The lowest BCUT2D eigenvalue weighted by molar-refractivity contribution is -0.126. The van der Waals surface area contributed by atoms with Gasteiger partial charge in [-0.15, -0.1) is 0 Å². The van der Waals surface area contributed by atoms with E-state index in [9.17, 15) is 4.79 Å². The van der Waals surface area contributed by atoms with Gasteiger partial charge in [-0.1, -0.05) is 6.07 Å². The van der Waals surface area contributed by atoms with Gasteiger partial charge in [0.1, 0.15) is 0 Å². The predicted octanol–water partition coefficient (Wildman–Crippen LogP) is 2.67. The Balaban J connectivity index is 1.75. The number of carbonyl (C=O) groups excluding carboxylic acids is 1. The summed E-state index contributed by atoms with van der Waals surface area (Å²) in [7, 11) is 0. The molecule has 1 aromatic heterocycles. The molecule has 0 spiro atoms. The molecule has 0 bridgehead atoms. The Morgan fingerprint density at radius 2 is 2.00 bits per heavy atom. The molecule has 0 aliphatic carbocycles. The Labute approximate surface area is 136 Å². The van der Waals surface area contributed by atoms with Crippen molar-refractivity contribution in [1.82, 2.24) is 9.88 Å². The number of hydrogen-bond donors (Lipinski definition) is 1. The summed E-state index contributed by atoms with van der Waals surface area (Å²) in [6.45, 7) is 7.59. The van der Waals surface area contributed by atoms with Crippen LogP contribution in [0, 0.1) is 0 Å². The van der Waals surface area contributed by atoms with Crippen LogP contribution in [-0.2, 0) is 9.53 Å². The standard InChI is InChI=1S/C18H23N3O2/c1-12-10-21(11-13(2)23-12)14(3)18(22)20-17-8-4-7-16-15(17)6-5-9-19-16/h4-9,12-14H,10-11H2,1-3H3,(H,20,22)/t12-,13+,14-/m0/s1. The number of rotatable bonds is 3. The number of nitrogens with zero attached hydrogens (tertiary/aromatic N) is 2. The van der Waals surface area contributed by atoms with E-state index in [-0.39, 0.29) is 24.2 Å². The van der Waals surface area contributed by atoms with Crippen LogP contribution >= 0.6 is 0 Å². The van der Waals surface area contributed by atoms with E-state index in [1.54, 1.807) is 6.20 Å². The van der Waals surface area contributed by atoms with Crippen molar-refractivity contribution in [3.05, 3.63) is 36.5 Å². The zero-order valence-electron chi connectivity index (χ0n) is 13.8. The van der Waals surface area contributed by atoms with E-state index in [2.05, 4.69) is 15.2 Å². The molecule has 1 aromatic carbocycles. The highest BCUT2D eigenvalue weighted by Crippen LogP contribution is 2.22. The fourth-order valence-electron chi connectivity index (χ4n) is 3.15. The summed E-state index contributed by atoms with van der Waals surface area (Å²) in [6, 6.07) is 9.43. The highest BCUT2D eigenvalue weighted by atomic mass is 16.5. The molecule has 1 saturated heterocycles. The van der Waals surface area contributed by atoms with E-state index in [0.29, 0.717) is 0 Å². The third-order valence-electron chi connectivity index (χ3n) is 4.28. The molecule has 0 unspecified atom stereocenters. The smallest absolute Gasteiger partial charge is 0.241 e. The van der Waals surface area contributed by atoms with Gasteiger partial charge < -0.3 is 10.1 Å². The van der Waals surface area contributed by atoms with Gasteiger partial charge in [-0.25, -0.2) is 0 Å². The Kier molecular flexibility index (Phi) is 4.59. The van der Waals surface area contributed by atoms with Crippen LogP contribution in [0.15, 0.2) is 36.5 Å². The molecule has 2 aromatic rings. The first-order valence-electron chi connectivity index (χ1n) is 8.08. The highest BCUT2D eigenvalue weighted by Gasteiger charge is 2.29. The predicted molar refractivity (Wildman–Crippen MR) is 91.4 cm³/mol. The van der Waals surface area contributed by atoms with Crippen LogP contribution < -0.4 is 5.32 Å². The van der Waals surface area contributed by atoms with Crippen LogP contribution in [0.4, 0.5) is 5.69 Å². The summed E-state index contributed by atoms with van der Waals surface area (Å²) in [5.41, 5.74) is 1.69. The largest absolute Gasteiger partial charge is 0.373 e. The van der Waals surface area contributed by atoms with Gasteiger partial charge in [-0.3, -0.25) is 14.7 Å². The number of carbonyl (C=O) groups is 1. The Morgan fingerprint density at radius 1 is 1.26 bits per heavy atom. The van der Waals surface area contributed by atoms with Crippen molar-refractivity contribution in [3.8, 4) is 0 Å². The van der Waals surface area contributed by atoms with Crippen molar-refractivity contribution in [3.63, 3.8) is 0 Å². The first kappa shape index (κ1) is 15.9. The fraction of sp³-hybridized carbons (Fsp3) is 0.444. The molecule has 0 saturated carbocycles. The third-order valence-corrected chi connectivity index (χ3v) is 4.28. The molecule has 1 N–H and O–H groups in total. The summed E-state index contributed by atoms with van der Waals surface area (Å²) in [5, 5.41) is 4.01. The van der Waals surface area contributed by atoms with Crippen molar-refractivity contribution < 1.29 is 9.53 Å². The number of ether oxygens (including phenoxy) is 1. The SMILES string of the molecule is C[C@@H]1CN([C@@H](C)C(=O)Nc2cccc3ncccc23)C[C@H](C)O1. The first-order valence-corrected chi connectivity index (χ1v) is 8.08. The van der Waals surface area contributed by atoms with Crippen molar-refractivity contribution in [2.75, 3.05) is 18.4 Å². The van der Waals surface area contributed by atoms with Crippen molar-refractivity contribution in [1.29, 1.82) is 0 Å². The van der Waals surface area contributed by atoms with Gasteiger partial charge in [-0.05, 0) is 45.0 Å². The van der Waals surface area contributed by atoms with E-state index in [4.69, 9.17) is 4.74 Å². The molecule has 5 nitrogen and oxygen atoms in total. The van der Waals surface area contributed by atoms with Gasteiger partial charge in [-0.2, -0.15) is 0 Å². The number of morpholine rings is 1. The molecule has 1 aliphatic rings. The normalized spacial score (nSPS) is 23.6. The van der Waals surface area contributed by atoms with Gasteiger partial charge >= 0.3 is 0 Å². The van der Waals surface area contributed by atoms with Gasteiger partial charge in [0.25, 0.3) is 0 Å². The maximum Gasteiger partial charge on any atom is 0.241 e. The quantitative estimate of drug-likeness (QED) is 0.946. The average molecular weight is 313 g/mol. The molecule has 5 heteroatoms. The summed E-state index contributed by atoms with van der Waals surface area (Å²) < 4.78 is 5.74. The van der Waals surface area contributed by atoms with Gasteiger partial charge in [0.15, 0.2) is 0 Å². The molecular weight excluding hydrogens is 290 g/mol. The molecular formula is C18H23N3O2. The third kappa shape index (κ3) is 3.51. The molecule has 2 heterocycles. The van der Waals surface area contributed by atoms with Gasteiger partial charge in [0, 0.05) is 24.7 Å². The number of pyridine rings is 1. The van der Waals surface area contributed by atoms with Crippen LogP contribution in [0.25, 0.3) is 10.9 Å². The van der Waals surface area contributed by atoms with Gasteiger partial charge in [0.2, 0.25) is 5.91 Å². The lowest BCUT2D eigenvalue weighted by Crippen LogP contribution is -2.52. The summed E-state index contributed by atoms with van der Waals surface area (Å²) in [5.74, 6) is 0.00246. The molecule has 3 atom stereocenters. The fourth-order valence-corrected chi connectivity index (χ4v) is 3.15. The number of anilines is 1. The highest BCUT2D eigenvalue weighted by molar-refractivity contribution is 6.02. The number of nitrogens with one attached hydrogen (secondary N) is 1. The molecule has 1 fully saturated rings. The minimum atomic E-state index is -0.198. The van der Waals surface area contributed by atoms with Crippen LogP contribution in [0.3, 0.4) is 0 Å². The topological polar surface area (TPSA) is 54.5 Å². The zero-order valence-corrected chi connectivity index (χ0v) is 13.8. The molecule has 23 heavy (non-hydrogen) atoms. The molecule has 122 valence electrons. The summed E-state index contributed by atoms with van der Waals surface area (Å²) in [6.07, 6.45) is 2.05. The maximum absolute atomic E-state index is 12.7. The van der Waals surface area contributed by atoms with E-state index in [1.807, 2.05) is 51.1 Å². The van der Waals surface area contributed by atoms with Crippen LogP contribution in [0.5, 0.6) is 0 Å². The van der Waals surface area contributed by atoms with E-state index >= 15 is 0 Å². The second-order valence-electron chi connectivity index (χ2n) is 6.25. The molecule has 0 radical (unpaired) electrons. The van der Waals surface area contributed by atoms with Crippen molar-refractivity contribution >= 4 is 22.5 Å². The number of aromatic nitrogens is 1. The van der Waals surface area contributed by atoms with E-state index in [0.717, 1.165) is 29.7 Å². The van der Waals surface area contributed by atoms with Gasteiger partial charge in [0.05, 0.1) is 29.5 Å². The maximum atomic E-state index is 12.7. The van der Waals surface area contributed by atoms with Crippen LogP contribution in [-0.4, -0.2) is 47.1 Å². The number of fused-ring (bicyclic) bond motifs is 1. The lowest BCUT2D eigenvalue weighted by Gasteiger charge is -2.38. The minimum Gasteiger partial charge on any atom is -0.373 e. The second kappa shape index (κ2) is 6.64. The molecule has 1 aliphatic heterocycles. The lowest BCUT2D eigenvalue weighted by atomic mass is 10.1. The monoisotopic (exact) mass is 313 g/mol. The summed E-state index contributed by atoms with van der Waals surface area (Å²) >= 11 is 0.